The summed E-state index contributed by atoms with van der Waals surface area (Å²) in [5, 5.41) is 22.5. The minimum atomic E-state index is -3.94. The number of benzene rings is 4. The van der Waals surface area contributed by atoms with Gasteiger partial charge < -0.3 is 34.9 Å². The van der Waals surface area contributed by atoms with E-state index in [9.17, 15) is 32.8 Å². The molecule has 1 aliphatic rings. The van der Waals surface area contributed by atoms with Crippen LogP contribution in [0.3, 0.4) is 0 Å². The molecule has 5 rings (SSSR count). The number of rotatable bonds is 26. The fraction of sp³-hybridized carbons (Fsp3) is 0.391. The molecule has 0 saturated heterocycles. The molecule has 0 spiro atoms. The molecule has 17 nitrogen and oxygen atoms in total. The second-order valence-electron chi connectivity index (χ2n) is 14.9. The van der Waals surface area contributed by atoms with Gasteiger partial charge in [-0.2, -0.15) is 18.6 Å². The van der Waals surface area contributed by atoms with Crippen LogP contribution in [-0.4, -0.2) is 108 Å². The average Bonchev–Trinajstić information content (AvgIpc) is 3.61. The molecule has 0 radical (unpaired) electrons. The number of anilines is 1. The first-order valence-electron chi connectivity index (χ1n) is 21.1. The highest BCUT2D eigenvalue weighted by molar-refractivity contribution is 7.90. The van der Waals surface area contributed by atoms with Crippen molar-refractivity contribution in [1.82, 2.24) is 15.7 Å². The zero-order chi connectivity index (χ0) is 45.7. The van der Waals surface area contributed by atoms with Crippen molar-refractivity contribution in [1.29, 1.82) is 0 Å². The summed E-state index contributed by atoms with van der Waals surface area (Å²) in [6.45, 7) is 5.94. The predicted octanol–water partition coefficient (Wildman–Crippen LogP) is 6.32. The number of amides is 4. The number of fused-ring (bicyclic) bond motifs is 3. The number of aryl methyl sites for hydroxylation is 1. The molecule has 1 aliphatic carbocycles. The van der Waals surface area contributed by atoms with E-state index < -0.39 is 34.6 Å². The standard InChI is InChI=1S/C46H56N6O11S/c1-33-16-18-37(19-17-33)64(58,59)51-50-34(2)35-10-7-11-36(30-35)49-44(54)21-20-43(53)47-22-8-24-60-26-28-62-29-27-61-25-9-23-48-45(55)31-52(57)46(56)63-32-42-40-14-5-3-12-38(40)39-13-4-6-15-41(39)42/h3-7,10-19,30,34,42,57H,8-9,20-29,31-32H2,1-2H3,(H,47,53)(H,48,55)(H,49,54). The lowest BCUT2D eigenvalue weighted by Gasteiger charge is -2.18. The van der Waals surface area contributed by atoms with Crippen molar-refractivity contribution >= 4 is 39.5 Å². The Kier molecular flexibility index (Phi) is 19.4. The zero-order valence-electron chi connectivity index (χ0n) is 36.1. The molecule has 0 bridgehead atoms. The van der Waals surface area contributed by atoms with Crippen LogP contribution < -0.4 is 16.0 Å². The van der Waals surface area contributed by atoms with E-state index in [4.69, 9.17) is 18.9 Å². The average molecular weight is 901 g/mol. The van der Waals surface area contributed by atoms with E-state index in [1.54, 1.807) is 43.3 Å². The third-order valence-electron chi connectivity index (χ3n) is 10.0. The van der Waals surface area contributed by atoms with E-state index in [1.165, 1.54) is 12.1 Å². The fourth-order valence-corrected chi connectivity index (χ4v) is 7.48. The zero-order valence-corrected chi connectivity index (χ0v) is 36.9. The number of hydroxylamine groups is 2. The van der Waals surface area contributed by atoms with Gasteiger partial charge in [-0.25, -0.2) is 4.79 Å². The minimum Gasteiger partial charge on any atom is -0.447 e. The van der Waals surface area contributed by atoms with E-state index in [2.05, 4.69) is 25.6 Å². The smallest absolute Gasteiger partial charge is 0.434 e. The van der Waals surface area contributed by atoms with Crippen LogP contribution in [0.15, 0.2) is 112 Å². The van der Waals surface area contributed by atoms with E-state index in [-0.39, 0.29) is 47.1 Å². The van der Waals surface area contributed by atoms with Crippen LogP contribution in [0.1, 0.15) is 66.8 Å². The lowest BCUT2D eigenvalue weighted by molar-refractivity contribution is -0.133. The first kappa shape index (κ1) is 49.0. The van der Waals surface area contributed by atoms with Gasteiger partial charge in [0.2, 0.25) is 17.7 Å². The fourth-order valence-electron chi connectivity index (χ4n) is 6.64. The second-order valence-corrected chi connectivity index (χ2v) is 16.5. The van der Waals surface area contributed by atoms with Crippen LogP contribution in [-0.2, 0) is 43.4 Å². The SMILES string of the molecule is Cc1ccc(S(=O)(=O)N=NC(C)c2cccc(NC(=O)CCC(=O)NCCCOCCOCCOCCCNC(=O)CN(O)C(=O)OCC3c4ccccc4-c4ccccc43)c2)cc1. The summed E-state index contributed by atoms with van der Waals surface area (Å²) in [4.78, 5) is 49.5. The monoisotopic (exact) mass is 900 g/mol. The van der Waals surface area contributed by atoms with Crippen molar-refractivity contribution in [2.45, 2.75) is 56.4 Å². The number of nitrogens with one attached hydrogen (secondary N) is 3. The summed E-state index contributed by atoms with van der Waals surface area (Å²) in [6.07, 6.45) is 0.0839. The summed E-state index contributed by atoms with van der Waals surface area (Å²) in [5.41, 5.74) is 6.33. The molecule has 1 unspecified atom stereocenters. The number of hydrogen-bond acceptors (Lipinski definition) is 12. The van der Waals surface area contributed by atoms with Crippen LogP contribution in [0.4, 0.5) is 10.5 Å². The maximum absolute atomic E-state index is 12.5. The molecular weight excluding hydrogens is 845 g/mol. The van der Waals surface area contributed by atoms with Crippen molar-refractivity contribution in [3.63, 3.8) is 0 Å². The largest absolute Gasteiger partial charge is 0.447 e. The molecule has 4 amide bonds. The third kappa shape index (κ3) is 15.6. The Bertz CT molecular complexity index is 2260. The van der Waals surface area contributed by atoms with E-state index in [0.29, 0.717) is 76.8 Å². The molecule has 0 aromatic heterocycles. The Hall–Kier alpha value is -6.05. The Labute approximate surface area is 373 Å². The molecule has 0 fully saturated rings. The highest BCUT2D eigenvalue weighted by Crippen LogP contribution is 2.44. The lowest BCUT2D eigenvalue weighted by atomic mass is 9.98. The Morgan fingerprint density at radius 2 is 1.28 bits per heavy atom. The predicted molar refractivity (Wildman–Crippen MR) is 237 cm³/mol. The van der Waals surface area contributed by atoms with Gasteiger partial charge >= 0.3 is 6.09 Å². The molecule has 4 aromatic carbocycles. The first-order chi connectivity index (χ1) is 30.9. The Morgan fingerprint density at radius 3 is 1.91 bits per heavy atom. The van der Waals surface area contributed by atoms with Gasteiger partial charge in [0.25, 0.3) is 10.0 Å². The maximum atomic E-state index is 12.5. The number of sulfonamides is 1. The van der Waals surface area contributed by atoms with Gasteiger partial charge in [0, 0.05) is 50.8 Å². The van der Waals surface area contributed by atoms with Crippen LogP contribution in [0.25, 0.3) is 11.1 Å². The van der Waals surface area contributed by atoms with Crippen LogP contribution in [0.2, 0.25) is 0 Å². The highest BCUT2D eigenvalue weighted by atomic mass is 32.2. The van der Waals surface area contributed by atoms with Crippen LogP contribution in [0.5, 0.6) is 0 Å². The lowest BCUT2D eigenvalue weighted by Crippen LogP contribution is -2.39. The van der Waals surface area contributed by atoms with Crippen molar-refractivity contribution < 1.29 is 51.8 Å². The number of nitrogens with zero attached hydrogens (tertiary/aromatic N) is 3. The molecule has 18 heteroatoms. The van der Waals surface area contributed by atoms with Crippen molar-refractivity contribution in [2.24, 2.45) is 9.63 Å². The summed E-state index contributed by atoms with van der Waals surface area (Å²) >= 11 is 0. The molecule has 0 heterocycles. The summed E-state index contributed by atoms with van der Waals surface area (Å²) in [6, 6.07) is 28.4. The van der Waals surface area contributed by atoms with Gasteiger partial charge in [-0.15, -0.1) is 0 Å². The number of hydrogen-bond donors (Lipinski definition) is 4. The summed E-state index contributed by atoms with van der Waals surface area (Å²) in [7, 11) is -3.94. The summed E-state index contributed by atoms with van der Waals surface area (Å²) < 4.78 is 50.6. The molecule has 4 aromatic rings. The first-order valence-corrected chi connectivity index (χ1v) is 22.6. The quantitative estimate of drug-likeness (QED) is 0.0236. The second kappa shape index (κ2) is 25.3. The Balaban J connectivity index is 0.808. The van der Waals surface area contributed by atoms with Crippen molar-refractivity contribution in [3.8, 4) is 11.1 Å². The number of carbonyl (C=O) groups is 4. The normalized spacial score (nSPS) is 12.6. The van der Waals surface area contributed by atoms with Gasteiger partial charge in [0.1, 0.15) is 13.2 Å². The third-order valence-corrected chi connectivity index (χ3v) is 11.2. The number of carbonyl (C=O) groups excluding carboxylic acids is 4. The van der Waals surface area contributed by atoms with Gasteiger partial charge in [0.05, 0.1) is 37.4 Å². The summed E-state index contributed by atoms with van der Waals surface area (Å²) in [5.74, 6) is -1.31. The van der Waals surface area contributed by atoms with E-state index >= 15 is 0 Å². The molecule has 0 aliphatic heterocycles. The van der Waals surface area contributed by atoms with Crippen molar-refractivity contribution in [3.05, 3.63) is 119 Å². The maximum Gasteiger partial charge on any atom is 0.434 e. The van der Waals surface area contributed by atoms with Gasteiger partial charge in [-0.1, -0.05) is 82.9 Å². The molecular formula is C46H56N6O11S. The van der Waals surface area contributed by atoms with Gasteiger partial charge in [-0.05, 0) is 78.8 Å². The molecule has 64 heavy (non-hydrogen) atoms. The highest BCUT2D eigenvalue weighted by Gasteiger charge is 2.30. The molecule has 0 saturated carbocycles. The van der Waals surface area contributed by atoms with Gasteiger partial charge in [-0.3, -0.25) is 19.6 Å². The van der Waals surface area contributed by atoms with Crippen LogP contribution in [0, 0.1) is 6.92 Å². The topological polar surface area (TPSA) is 224 Å². The Morgan fingerprint density at radius 1 is 0.719 bits per heavy atom. The molecule has 342 valence electrons. The van der Waals surface area contributed by atoms with Crippen molar-refractivity contribution in [2.75, 3.05) is 71.2 Å². The van der Waals surface area contributed by atoms with Gasteiger partial charge in [0.15, 0.2) is 0 Å². The molecule has 4 N–H and O–H groups in total. The molecule has 1 atom stereocenters. The van der Waals surface area contributed by atoms with E-state index in [0.717, 1.165) is 27.8 Å². The number of ether oxygens (including phenoxy) is 4. The van der Waals surface area contributed by atoms with E-state index in [1.807, 2.05) is 55.5 Å². The minimum absolute atomic E-state index is 0.00653. The van der Waals surface area contributed by atoms with Crippen LogP contribution >= 0.6 is 0 Å².